The number of aromatic nitrogens is 2. The normalized spacial score (nSPS) is 9.75. The third kappa shape index (κ3) is 1.95. The first kappa shape index (κ1) is 10.4. The molecule has 0 aliphatic rings. The molecule has 1 N–H and O–H groups in total. The van der Waals surface area contributed by atoms with Gasteiger partial charge in [0.05, 0.1) is 17.2 Å². The van der Waals surface area contributed by atoms with Crippen LogP contribution in [0.15, 0.2) is 35.1 Å². The van der Waals surface area contributed by atoms with Crippen molar-refractivity contribution in [1.29, 1.82) is 5.26 Å². The van der Waals surface area contributed by atoms with Crippen molar-refractivity contribution >= 4 is 11.6 Å². The minimum Gasteiger partial charge on any atom is -0.267 e. The van der Waals surface area contributed by atoms with Gasteiger partial charge in [-0.25, -0.2) is 5.10 Å². The molecule has 4 nitrogen and oxygen atoms in total. The number of nitriles is 1. The van der Waals surface area contributed by atoms with Crippen LogP contribution in [-0.2, 0) is 0 Å². The summed E-state index contributed by atoms with van der Waals surface area (Å²) in [6.07, 6.45) is 0. The van der Waals surface area contributed by atoms with Gasteiger partial charge in [-0.2, -0.15) is 10.4 Å². The highest BCUT2D eigenvalue weighted by atomic mass is 35.5. The van der Waals surface area contributed by atoms with E-state index < -0.39 is 0 Å². The number of H-pyrrole nitrogens is 1. The number of rotatable bonds is 1. The molecule has 1 aromatic carbocycles. The molecule has 0 spiro atoms. The number of nitrogens with one attached hydrogen (secondary N) is 1. The predicted octanol–water partition coefficient (Wildman–Crippen LogP) is 1.96. The fourth-order valence-corrected chi connectivity index (χ4v) is 1.50. The van der Waals surface area contributed by atoms with Crippen molar-refractivity contribution in [2.45, 2.75) is 0 Å². The molecule has 2 aromatic rings. The van der Waals surface area contributed by atoms with E-state index in [0.29, 0.717) is 16.7 Å². The molecule has 0 amide bonds. The number of benzene rings is 1. The van der Waals surface area contributed by atoms with Gasteiger partial charge < -0.3 is 0 Å². The van der Waals surface area contributed by atoms with E-state index in [4.69, 9.17) is 16.9 Å². The van der Waals surface area contributed by atoms with Crippen molar-refractivity contribution in [1.82, 2.24) is 10.2 Å². The van der Waals surface area contributed by atoms with Crippen LogP contribution in [0, 0.1) is 11.3 Å². The van der Waals surface area contributed by atoms with Crippen LogP contribution in [0.25, 0.3) is 11.1 Å². The monoisotopic (exact) mass is 231 g/mol. The van der Waals surface area contributed by atoms with Crippen LogP contribution < -0.4 is 5.56 Å². The lowest BCUT2D eigenvalue weighted by atomic mass is 10.1. The first-order valence-corrected chi connectivity index (χ1v) is 4.84. The first-order valence-electron chi connectivity index (χ1n) is 4.46. The second-order valence-electron chi connectivity index (χ2n) is 3.13. The van der Waals surface area contributed by atoms with E-state index >= 15 is 0 Å². The van der Waals surface area contributed by atoms with Gasteiger partial charge in [-0.3, -0.25) is 4.79 Å². The van der Waals surface area contributed by atoms with Crippen molar-refractivity contribution < 1.29 is 0 Å². The van der Waals surface area contributed by atoms with Crippen molar-refractivity contribution in [3.63, 3.8) is 0 Å². The van der Waals surface area contributed by atoms with Gasteiger partial charge in [0, 0.05) is 0 Å². The van der Waals surface area contributed by atoms with Crippen molar-refractivity contribution in [2.75, 3.05) is 0 Å². The van der Waals surface area contributed by atoms with Gasteiger partial charge in [-0.15, -0.1) is 0 Å². The minimum atomic E-state index is -0.334. The maximum atomic E-state index is 11.5. The van der Waals surface area contributed by atoms with Crippen molar-refractivity contribution in [3.05, 3.63) is 51.4 Å². The van der Waals surface area contributed by atoms with E-state index in [2.05, 4.69) is 10.2 Å². The Balaban J connectivity index is 2.63. The molecule has 0 aliphatic carbocycles. The van der Waals surface area contributed by atoms with Crippen LogP contribution in [0.2, 0.25) is 5.15 Å². The second-order valence-corrected chi connectivity index (χ2v) is 3.51. The molecule has 0 saturated heterocycles. The zero-order chi connectivity index (χ0) is 11.5. The molecule has 78 valence electrons. The summed E-state index contributed by atoms with van der Waals surface area (Å²) < 4.78 is 0. The zero-order valence-corrected chi connectivity index (χ0v) is 8.82. The first-order chi connectivity index (χ1) is 7.70. The summed E-state index contributed by atoms with van der Waals surface area (Å²) in [7, 11) is 0. The smallest absolute Gasteiger partial charge is 0.267 e. The van der Waals surface area contributed by atoms with E-state index in [-0.39, 0.29) is 10.7 Å². The molecule has 0 radical (unpaired) electrons. The van der Waals surface area contributed by atoms with Crippen LogP contribution >= 0.6 is 11.6 Å². The third-order valence-corrected chi connectivity index (χ3v) is 2.27. The van der Waals surface area contributed by atoms with Crippen LogP contribution in [-0.4, -0.2) is 10.2 Å². The van der Waals surface area contributed by atoms with Gasteiger partial charge in [0.1, 0.15) is 5.15 Å². The minimum absolute atomic E-state index is 0.206. The fourth-order valence-electron chi connectivity index (χ4n) is 1.35. The molecule has 0 atom stereocenters. The SMILES string of the molecule is N#Cc1cccc(-c2cc(Cl)n[nH]c2=O)c1. The lowest BCUT2D eigenvalue weighted by Gasteiger charge is -2.00. The van der Waals surface area contributed by atoms with Crippen LogP contribution in [0.4, 0.5) is 0 Å². The second kappa shape index (κ2) is 4.17. The third-order valence-electron chi connectivity index (χ3n) is 2.07. The molecule has 1 aromatic heterocycles. The van der Waals surface area contributed by atoms with Gasteiger partial charge in [0.25, 0.3) is 5.56 Å². The number of aromatic amines is 1. The zero-order valence-electron chi connectivity index (χ0n) is 8.07. The summed E-state index contributed by atoms with van der Waals surface area (Å²) >= 11 is 5.69. The molecule has 5 heteroatoms. The van der Waals surface area contributed by atoms with Crippen LogP contribution in [0.5, 0.6) is 0 Å². The predicted molar refractivity (Wildman–Crippen MR) is 60.0 cm³/mol. The topological polar surface area (TPSA) is 69.5 Å². The molecule has 16 heavy (non-hydrogen) atoms. The van der Waals surface area contributed by atoms with Gasteiger partial charge in [-0.05, 0) is 23.8 Å². The van der Waals surface area contributed by atoms with Gasteiger partial charge in [-0.1, -0.05) is 23.7 Å². The summed E-state index contributed by atoms with van der Waals surface area (Å²) in [4.78, 5) is 11.5. The quantitative estimate of drug-likeness (QED) is 0.816. The molecule has 0 saturated carbocycles. The number of halogens is 1. The van der Waals surface area contributed by atoms with Gasteiger partial charge >= 0.3 is 0 Å². The summed E-state index contributed by atoms with van der Waals surface area (Å²) in [5.74, 6) is 0. The molecule has 0 bridgehead atoms. The molecule has 0 fully saturated rings. The largest absolute Gasteiger partial charge is 0.272 e. The van der Waals surface area contributed by atoms with Crippen LogP contribution in [0.1, 0.15) is 5.56 Å². The highest BCUT2D eigenvalue weighted by molar-refractivity contribution is 6.29. The van der Waals surface area contributed by atoms with E-state index in [9.17, 15) is 4.79 Å². The Morgan fingerprint density at radius 2 is 2.19 bits per heavy atom. The summed E-state index contributed by atoms with van der Waals surface area (Å²) in [5, 5.41) is 14.8. The number of hydrogen-bond donors (Lipinski definition) is 1. The maximum absolute atomic E-state index is 11.5. The Morgan fingerprint density at radius 3 is 2.94 bits per heavy atom. The van der Waals surface area contributed by atoms with Crippen molar-refractivity contribution in [3.8, 4) is 17.2 Å². The molecule has 0 unspecified atom stereocenters. The van der Waals surface area contributed by atoms with Gasteiger partial charge in [0.15, 0.2) is 0 Å². The van der Waals surface area contributed by atoms with E-state index in [1.807, 2.05) is 6.07 Å². The Hall–Kier alpha value is -2.12. The Labute approximate surface area is 96.1 Å². The molecule has 1 heterocycles. The molecular weight excluding hydrogens is 226 g/mol. The molecular formula is C11H6ClN3O. The number of hydrogen-bond acceptors (Lipinski definition) is 3. The fraction of sp³-hybridized carbons (Fsp3) is 0. The van der Waals surface area contributed by atoms with Crippen LogP contribution in [0.3, 0.4) is 0 Å². The van der Waals surface area contributed by atoms with Gasteiger partial charge in [0.2, 0.25) is 0 Å². The van der Waals surface area contributed by atoms with E-state index in [1.54, 1.807) is 24.3 Å². The average Bonchev–Trinajstić information content (AvgIpc) is 2.32. The lowest BCUT2D eigenvalue weighted by Crippen LogP contribution is -2.10. The summed E-state index contributed by atoms with van der Waals surface area (Å²) in [6, 6.07) is 10.2. The standard InChI is InChI=1S/C11H6ClN3O/c12-10-5-9(11(16)15-14-10)8-3-1-2-7(4-8)6-13/h1-5H,(H,15,16). The highest BCUT2D eigenvalue weighted by Gasteiger charge is 2.05. The van der Waals surface area contributed by atoms with E-state index in [1.165, 1.54) is 6.07 Å². The summed E-state index contributed by atoms with van der Waals surface area (Å²) in [6.45, 7) is 0. The van der Waals surface area contributed by atoms with E-state index in [0.717, 1.165) is 0 Å². The molecule has 2 rings (SSSR count). The Morgan fingerprint density at radius 1 is 1.38 bits per heavy atom. The Bertz CT molecular complexity index is 628. The summed E-state index contributed by atoms with van der Waals surface area (Å²) in [5.41, 5.74) is 1.20. The molecule has 0 aliphatic heterocycles. The highest BCUT2D eigenvalue weighted by Crippen LogP contribution is 2.18. The maximum Gasteiger partial charge on any atom is 0.272 e. The van der Waals surface area contributed by atoms with Crippen molar-refractivity contribution in [2.24, 2.45) is 0 Å². The lowest BCUT2D eigenvalue weighted by molar-refractivity contribution is 0.992. The number of nitrogens with zero attached hydrogens (tertiary/aromatic N) is 2. The average molecular weight is 232 g/mol. The Kier molecular flexibility index (Phi) is 2.71.